The smallest absolute Gasteiger partial charge is 0.286 e. The molecule has 2 atom stereocenters. The highest BCUT2D eigenvalue weighted by Gasteiger charge is 2.29. The van der Waals surface area contributed by atoms with E-state index < -0.39 is 6.29 Å². The van der Waals surface area contributed by atoms with Gasteiger partial charge in [-0.2, -0.15) is 0 Å². The summed E-state index contributed by atoms with van der Waals surface area (Å²) in [5.41, 5.74) is 0.927. The molecule has 1 fully saturated rings. The maximum absolute atomic E-state index is 13.3. The summed E-state index contributed by atoms with van der Waals surface area (Å²) < 4.78 is 24.9. The fraction of sp³-hybridized carbons (Fsp3) is 0.591. The second-order valence-corrected chi connectivity index (χ2v) is 7.58. The Labute approximate surface area is 165 Å². The average Bonchev–Trinajstić information content (AvgIpc) is 2.72. The van der Waals surface area contributed by atoms with Crippen molar-refractivity contribution in [2.24, 2.45) is 0 Å². The van der Waals surface area contributed by atoms with Crippen molar-refractivity contribution in [3.63, 3.8) is 0 Å². The van der Waals surface area contributed by atoms with Gasteiger partial charge in [-0.15, -0.1) is 0 Å². The van der Waals surface area contributed by atoms with Crippen molar-refractivity contribution < 1.29 is 23.8 Å². The van der Waals surface area contributed by atoms with Crippen LogP contribution in [0, 0.1) is 5.82 Å². The minimum atomic E-state index is -0.536. The van der Waals surface area contributed by atoms with Crippen LogP contribution in [0.5, 0.6) is 0 Å². The number of nitrogens with one attached hydrogen (secondary N) is 1. The lowest BCUT2D eigenvalue weighted by Crippen LogP contribution is -2.39. The van der Waals surface area contributed by atoms with E-state index in [1.807, 2.05) is 6.08 Å². The Morgan fingerprint density at radius 2 is 1.93 bits per heavy atom. The van der Waals surface area contributed by atoms with E-state index in [4.69, 9.17) is 14.6 Å². The van der Waals surface area contributed by atoms with E-state index in [0.717, 1.165) is 37.7 Å². The van der Waals surface area contributed by atoms with Crippen LogP contribution in [0.25, 0.3) is 0 Å². The summed E-state index contributed by atoms with van der Waals surface area (Å²) in [4.78, 5) is 12.8. The first-order valence-corrected chi connectivity index (χ1v) is 10.3. The minimum Gasteiger partial charge on any atom is -0.459 e. The van der Waals surface area contributed by atoms with Crippen molar-refractivity contribution in [2.45, 2.75) is 69.6 Å². The molecule has 154 valence electrons. The van der Waals surface area contributed by atoms with Gasteiger partial charge in [0.05, 0.1) is 6.61 Å². The minimum absolute atomic E-state index is 0.0794. The zero-order valence-corrected chi connectivity index (χ0v) is 16.2. The number of unbranched alkanes of at least 4 members (excludes halogenated alkanes) is 1. The predicted molar refractivity (Wildman–Crippen MR) is 104 cm³/mol. The first kappa shape index (κ1) is 20.8. The van der Waals surface area contributed by atoms with E-state index in [2.05, 4.69) is 5.32 Å². The molecule has 1 saturated carbocycles. The van der Waals surface area contributed by atoms with Crippen molar-refractivity contribution in [2.75, 3.05) is 13.2 Å². The van der Waals surface area contributed by atoms with Gasteiger partial charge in [0.1, 0.15) is 5.82 Å². The standard InChI is InChI=1S/C22H30FNO4/c23-18-10-8-16(9-11-18)17-14-20(22(26)24-19-6-2-1-3-7-19)28-21(15-17)27-13-5-4-12-25/h8-11,14,17,19,21,25H,1-7,12-13,15H2,(H,24,26)/t17-,21+/m0/s1. The van der Waals surface area contributed by atoms with Crippen LogP contribution in [0.15, 0.2) is 36.1 Å². The SMILES string of the molecule is O=C(NC1CCCCC1)C1=C[C@H](c2ccc(F)cc2)C[C@H](OCCCCO)O1. The molecule has 0 spiro atoms. The molecule has 0 aromatic heterocycles. The molecule has 2 aliphatic rings. The van der Waals surface area contributed by atoms with E-state index in [9.17, 15) is 9.18 Å². The third-order valence-corrected chi connectivity index (χ3v) is 5.38. The summed E-state index contributed by atoms with van der Waals surface area (Å²) in [6.07, 6.45) is 8.74. The number of aliphatic hydroxyl groups excluding tert-OH is 1. The summed E-state index contributed by atoms with van der Waals surface area (Å²) in [5.74, 6) is -0.294. The Morgan fingerprint density at radius 3 is 2.64 bits per heavy atom. The van der Waals surface area contributed by atoms with Gasteiger partial charge in [0, 0.05) is 25.0 Å². The molecule has 6 heteroatoms. The van der Waals surface area contributed by atoms with Gasteiger partial charge in [0.25, 0.3) is 5.91 Å². The summed E-state index contributed by atoms with van der Waals surface area (Å²) >= 11 is 0. The Balaban J connectivity index is 1.68. The fourth-order valence-corrected chi connectivity index (χ4v) is 3.79. The quantitative estimate of drug-likeness (QED) is 0.662. The molecular formula is C22H30FNO4. The van der Waals surface area contributed by atoms with Crippen LogP contribution in [-0.4, -0.2) is 36.6 Å². The fourth-order valence-electron chi connectivity index (χ4n) is 3.79. The molecule has 1 aromatic carbocycles. The number of carbonyl (C=O) groups excluding carboxylic acids is 1. The third kappa shape index (κ3) is 6.04. The number of carbonyl (C=O) groups is 1. The normalized spacial score (nSPS) is 23.0. The van der Waals surface area contributed by atoms with Crippen LogP contribution in [0.3, 0.4) is 0 Å². The molecule has 1 amide bonds. The van der Waals surface area contributed by atoms with E-state index in [-0.39, 0.29) is 36.1 Å². The lowest BCUT2D eigenvalue weighted by Gasteiger charge is -2.30. The molecule has 5 nitrogen and oxygen atoms in total. The maximum Gasteiger partial charge on any atom is 0.286 e. The first-order chi connectivity index (χ1) is 13.7. The van der Waals surface area contributed by atoms with Gasteiger partial charge in [-0.05, 0) is 49.5 Å². The van der Waals surface area contributed by atoms with Crippen LogP contribution in [0.2, 0.25) is 0 Å². The summed E-state index contributed by atoms with van der Waals surface area (Å²) in [6.45, 7) is 0.584. The maximum atomic E-state index is 13.3. The number of ether oxygens (including phenoxy) is 2. The largest absolute Gasteiger partial charge is 0.459 e. The number of rotatable bonds is 8. The molecular weight excluding hydrogens is 361 g/mol. The molecule has 1 heterocycles. The van der Waals surface area contributed by atoms with Crippen LogP contribution < -0.4 is 5.32 Å². The first-order valence-electron chi connectivity index (χ1n) is 10.3. The van der Waals surface area contributed by atoms with Crippen molar-refractivity contribution in [3.8, 4) is 0 Å². The number of halogens is 1. The predicted octanol–water partition coefficient (Wildman–Crippen LogP) is 3.78. The van der Waals surface area contributed by atoms with Gasteiger partial charge in [0.2, 0.25) is 6.29 Å². The second kappa shape index (κ2) is 10.6. The lowest BCUT2D eigenvalue weighted by molar-refractivity contribution is -0.147. The molecule has 28 heavy (non-hydrogen) atoms. The molecule has 1 aromatic rings. The van der Waals surface area contributed by atoms with E-state index in [1.54, 1.807) is 12.1 Å². The van der Waals surface area contributed by atoms with E-state index in [1.165, 1.54) is 18.6 Å². The van der Waals surface area contributed by atoms with Crippen LogP contribution in [0.1, 0.15) is 62.8 Å². The number of benzene rings is 1. The van der Waals surface area contributed by atoms with Gasteiger partial charge in [-0.3, -0.25) is 4.79 Å². The van der Waals surface area contributed by atoms with Gasteiger partial charge >= 0.3 is 0 Å². The highest BCUT2D eigenvalue weighted by atomic mass is 19.1. The van der Waals surface area contributed by atoms with Crippen LogP contribution in [-0.2, 0) is 14.3 Å². The highest BCUT2D eigenvalue weighted by molar-refractivity contribution is 5.92. The number of allylic oxidation sites excluding steroid dienone is 1. The molecule has 0 radical (unpaired) electrons. The lowest BCUT2D eigenvalue weighted by atomic mass is 9.92. The van der Waals surface area contributed by atoms with Crippen LogP contribution in [0.4, 0.5) is 4.39 Å². The van der Waals surface area contributed by atoms with Gasteiger partial charge in [0.15, 0.2) is 5.76 Å². The van der Waals surface area contributed by atoms with Gasteiger partial charge < -0.3 is 19.9 Å². The molecule has 1 aliphatic carbocycles. The summed E-state index contributed by atoms with van der Waals surface area (Å²) in [6, 6.07) is 6.53. The average molecular weight is 391 g/mol. The number of aliphatic hydroxyl groups is 1. The van der Waals surface area contributed by atoms with E-state index in [0.29, 0.717) is 19.4 Å². The third-order valence-electron chi connectivity index (χ3n) is 5.38. The number of hydrogen-bond donors (Lipinski definition) is 2. The van der Waals surface area contributed by atoms with Crippen molar-refractivity contribution in [1.82, 2.24) is 5.32 Å². The molecule has 1 aliphatic heterocycles. The number of hydrogen-bond acceptors (Lipinski definition) is 4. The van der Waals surface area contributed by atoms with Crippen molar-refractivity contribution in [1.29, 1.82) is 0 Å². The highest BCUT2D eigenvalue weighted by Crippen LogP contribution is 2.32. The van der Waals surface area contributed by atoms with Gasteiger partial charge in [-0.25, -0.2) is 4.39 Å². The summed E-state index contributed by atoms with van der Waals surface area (Å²) in [5, 5.41) is 12.0. The molecule has 0 saturated heterocycles. The zero-order chi connectivity index (χ0) is 19.8. The summed E-state index contributed by atoms with van der Waals surface area (Å²) in [7, 11) is 0. The van der Waals surface area contributed by atoms with Crippen molar-refractivity contribution >= 4 is 5.91 Å². The molecule has 0 bridgehead atoms. The van der Waals surface area contributed by atoms with Gasteiger partial charge in [-0.1, -0.05) is 31.4 Å². The number of amides is 1. The monoisotopic (exact) mass is 391 g/mol. The second-order valence-electron chi connectivity index (χ2n) is 7.58. The van der Waals surface area contributed by atoms with Crippen molar-refractivity contribution in [3.05, 3.63) is 47.5 Å². The topological polar surface area (TPSA) is 67.8 Å². The molecule has 3 rings (SSSR count). The van der Waals surface area contributed by atoms with Crippen LogP contribution >= 0.6 is 0 Å². The Morgan fingerprint density at radius 1 is 1.18 bits per heavy atom. The molecule has 0 unspecified atom stereocenters. The Hall–Kier alpha value is -1.92. The Bertz CT molecular complexity index is 655. The zero-order valence-electron chi connectivity index (χ0n) is 16.2. The molecule has 2 N–H and O–H groups in total. The van der Waals surface area contributed by atoms with E-state index >= 15 is 0 Å². The Kier molecular flexibility index (Phi) is 7.86.